The van der Waals surface area contributed by atoms with Crippen LogP contribution in [0.1, 0.15) is 36.0 Å². The topological polar surface area (TPSA) is 78.5 Å². The maximum absolute atomic E-state index is 12.3. The number of hydrogen-bond acceptors (Lipinski definition) is 3. The summed E-state index contributed by atoms with van der Waals surface area (Å²) < 4.78 is 0. The highest BCUT2D eigenvalue weighted by atomic mass is 35.5. The van der Waals surface area contributed by atoms with Crippen molar-refractivity contribution in [2.75, 3.05) is 11.4 Å². The molecule has 2 aliphatic rings. The lowest BCUT2D eigenvalue weighted by molar-refractivity contribution is -0.123. The van der Waals surface area contributed by atoms with Crippen molar-refractivity contribution in [2.45, 2.75) is 25.7 Å². The Hall–Kier alpha value is -2.08. The molecule has 22 heavy (non-hydrogen) atoms. The SMILES string of the molecule is O=C(NNC(=O)C1CC1)c1ccc(Cl)cc1N1CCCC1=O. The molecular weight excluding hydrogens is 306 g/mol. The van der Waals surface area contributed by atoms with E-state index < -0.39 is 5.91 Å². The van der Waals surface area contributed by atoms with E-state index in [-0.39, 0.29) is 17.7 Å². The Labute approximate surface area is 132 Å². The van der Waals surface area contributed by atoms with E-state index in [1.807, 2.05) is 0 Å². The minimum absolute atomic E-state index is 0.00477. The van der Waals surface area contributed by atoms with Crippen LogP contribution in [0.3, 0.4) is 0 Å². The Balaban J connectivity index is 1.78. The van der Waals surface area contributed by atoms with E-state index in [1.165, 1.54) is 0 Å². The molecule has 3 amide bonds. The number of benzene rings is 1. The molecule has 2 fully saturated rings. The third-order valence-corrected chi connectivity index (χ3v) is 4.05. The summed E-state index contributed by atoms with van der Waals surface area (Å²) in [6.45, 7) is 0.563. The van der Waals surface area contributed by atoms with Gasteiger partial charge in [0, 0.05) is 23.9 Å². The first-order valence-corrected chi connectivity index (χ1v) is 7.64. The summed E-state index contributed by atoms with van der Waals surface area (Å²) in [5.74, 6) is -0.662. The number of carbonyl (C=O) groups is 3. The number of halogens is 1. The van der Waals surface area contributed by atoms with Crippen LogP contribution in [-0.4, -0.2) is 24.3 Å². The number of carbonyl (C=O) groups excluding carboxylic acids is 3. The molecule has 6 nitrogen and oxygen atoms in total. The zero-order valence-electron chi connectivity index (χ0n) is 11.9. The molecule has 1 saturated carbocycles. The van der Waals surface area contributed by atoms with Gasteiger partial charge in [-0.1, -0.05) is 11.6 Å². The Kier molecular flexibility index (Phi) is 4.02. The number of hydrazine groups is 1. The molecule has 0 bridgehead atoms. The summed E-state index contributed by atoms with van der Waals surface area (Å²) in [5.41, 5.74) is 5.61. The Morgan fingerprint density at radius 2 is 2.00 bits per heavy atom. The number of amides is 3. The highest BCUT2D eigenvalue weighted by Gasteiger charge is 2.30. The fourth-order valence-corrected chi connectivity index (χ4v) is 2.62. The van der Waals surface area contributed by atoms with Gasteiger partial charge < -0.3 is 4.90 Å². The van der Waals surface area contributed by atoms with Crippen molar-refractivity contribution in [1.29, 1.82) is 0 Å². The van der Waals surface area contributed by atoms with E-state index in [4.69, 9.17) is 11.6 Å². The van der Waals surface area contributed by atoms with Crippen molar-refractivity contribution in [1.82, 2.24) is 10.9 Å². The Bertz CT molecular complexity index is 643. The summed E-state index contributed by atoms with van der Waals surface area (Å²) in [6, 6.07) is 4.74. The second kappa shape index (κ2) is 5.96. The molecule has 7 heteroatoms. The lowest BCUT2D eigenvalue weighted by Crippen LogP contribution is -2.43. The molecule has 3 rings (SSSR count). The molecule has 1 heterocycles. The summed E-state index contributed by atoms with van der Waals surface area (Å²) in [7, 11) is 0. The molecule has 2 N–H and O–H groups in total. The van der Waals surface area contributed by atoms with Gasteiger partial charge in [-0.25, -0.2) is 0 Å². The Morgan fingerprint density at radius 3 is 2.64 bits per heavy atom. The fraction of sp³-hybridized carbons (Fsp3) is 0.400. The molecular formula is C15H16ClN3O3. The zero-order chi connectivity index (χ0) is 15.7. The maximum Gasteiger partial charge on any atom is 0.271 e. The van der Waals surface area contributed by atoms with E-state index in [1.54, 1.807) is 23.1 Å². The first-order chi connectivity index (χ1) is 10.6. The van der Waals surface area contributed by atoms with Crippen LogP contribution in [0.5, 0.6) is 0 Å². The van der Waals surface area contributed by atoms with Crippen molar-refractivity contribution >= 4 is 35.0 Å². The highest BCUT2D eigenvalue weighted by Crippen LogP contribution is 2.29. The van der Waals surface area contributed by atoms with Crippen molar-refractivity contribution in [3.63, 3.8) is 0 Å². The van der Waals surface area contributed by atoms with Crippen molar-refractivity contribution in [2.24, 2.45) is 5.92 Å². The summed E-state index contributed by atoms with van der Waals surface area (Å²) >= 11 is 5.99. The first kappa shape index (κ1) is 14.8. The number of hydrogen-bond donors (Lipinski definition) is 2. The number of anilines is 1. The number of nitrogens with one attached hydrogen (secondary N) is 2. The second-order valence-electron chi connectivity index (χ2n) is 5.53. The van der Waals surface area contributed by atoms with Crippen LogP contribution in [0, 0.1) is 5.92 Å². The third-order valence-electron chi connectivity index (χ3n) is 3.82. The minimum atomic E-state index is -0.458. The number of nitrogens with zero attached hydrogens (tertiary/aromatic N) is 1. The van der Waals surface area contributed by atoms with Gasteiger partial charge in [0.25, 0.3) is 5.91 Å². The summed E-state index contributed by atoms with van der Waals surface area (Å²) in [4.78, 5) is 37.3. The zero-order valence-corrected chi connectivity index (χ0v) is 12.7. The maximum atomic E-state index is 12.3. The standard InChI is InChI=1S/C15H16ClN3O3/c16-10-5-6-11(12(8-10)19-7-1-2-13(19)20)15(22)18-17-14(21)9-3-4-9/h5-6,8-9H,1-4,7H2,(H,17,21)(H,18,22). The molecule has 0 atom stereocenters. The Morgan fingerprint density at radius 1 is 1.23 bits per heavy atom. The van der Waals surface area contributed by atoms with Crippen LogP contribution in [0.4, 0.5) is 5.69 Å². The van der Waals surface area contributed by atoms with Gasteiger partial charge in [0.15, 0.2) is 0 Å². The van der Waals surface area contributed by atoms with Crippen LogP contribution in [0.15, 0.2) is 18.2 Å². The van der Waals surface area contributed by atoms with E-state index in [2.05, 4.69) is 10.9 Å². The molecule has 1 aromatic rings. The van der Waals surface area contributed by atoms with Gasteiger partial charge in [-0.2, -0.15) is 0 Å². The molecule has 1 aromatic carbocycles. The third kappa shape index (κ3) is 3.06. The average Bonchev–Trinajstić information content (AvgIpc) is 3.26. The van der Waals surface area contributed by atoms with Gasteiger partial charge in [0.05, 0.1) is 11.3 Å². The largest absolute Gasteiger partial charge is 0.312 e. The van der Waals surface area contributed by atoms with Crippen molar-refractivity contribution in [3.05, 3.63) is 28.8 Å². The minimum Gasteiger partial charge on any atom is -0.312 e. The predicted molar refractivity (Wildman–Crippen MR) is 81.4 cm³/mol. The van der Waals surface area contributed by atoms with E-state index >= 15 is 0 Å². The van der Waals surface area contributed by atoms with Crippen molar-refractivity contribution in [3.8, 4) is 0 Å². The van der Waals surface area contributed by atoms with Gasteiger partial charge >= 0.3 is 0 Å². The predicted octanol–water partition coefficient (Wildman–Crippen LogP) is 1.64. The van der Waals surface area contributed by atoms with Crippen molar-refractivity contribution < 1.29 is 14.4 Å². The van der Waals surface area contributed by atoms with Gasteiger partial charge in [0.2, 0.25) is 11.8 Å². The lowest BCUT2D eigenvalue weighted by atomic mass is 10.1. The molecule has 1 aliphatic heterocycles. The molecule has 0 unspecified atom stereocenters. The van der Waals surface area contributed by atoms with E-state index in [9.17, 15) is 14.4 Å². The highest BCUT2D eigenvalue weighted by molar-refractivity contribution is 6.31. The quantitative estimate of drug-likeness (QED) is 0.831. The van der Waals surface area contributed by atoms with Gasteiger partial charge in [-0.05, 0) is 37.5 Å². The van der Waals surface area contributed by atoms with Gasteiger partial charge in [0.1, 0.15) is 0 Å². The van der Waals surface area contributed by atoms with Crippen LogP contribution >= 0.6 is 11.6 Å². The first-order valence-electron chi connectivity index (χ1n) is 7.26. The van der Waals surface area contributed by atoms with Crippen LogP contribution in [0.25, 0.3) is 0 Å². The van der Waals surface area contributed by atoms with Crippen LogP contribution < -0.4 is 15.8 Å². The fourth-order valence-electron chi connectivity index (χ4n) is 2.46. The van der Waals surface area contributed by atoms with E-state index in [0.29, 0.717) is 29.2 Å². The molecule has 0 aromatic heterocycles. The molecule has 1 saturated heterocycles. The second-order valence-corrected chi connectivity index (χ2v) is 5.96. The van der Waals surface area contributed by atoms with E-state index in [0.717, 1.165) is 19.3 Å². The summed E-state index contributed by atoms with van der Waals surface area (Å²) in [6.07, 6.45) is 2.93. The monoisotopic (exact) mass is 321 g/mol. The van der Waals surface area contributed by atoms with Crippen LogP contribution in [0.2, 0.25) is 5.02 Å². The normalized spacial score (nSPS) is 17.5. The molecule has 116 valence electrons. The average molecular weight is 322 g/mol. The molecule has 0 spiro atoms. The van der Waals surface area contributed by atoms with Gasteiger partial charge in [-0.3, -0.25) is 25.2 Å². The summed E-state index contributed by atoms with van der Waals surface area (Å²) in [5, 5.41) is 0.452. The molecule has 1 aliphatic carbocycles. The van der Waals surface area contributed by atoms with Gasteiger partial charge in [-0.15, -0.1) is 0 Å². The lowest BCUT2D eigenvalue weighted by Gasteiger charge is -2.19. The molecule has 0 radical (unpaired) electrons. The number of rotatable bonds is 3. The smallest absolute Gasteiger partial charge is 0.271 e. The van der Waals surface area contributed by atoms with Crippen LogP contribution in [-0.2, 0) is 9.59 Å².